The Morgan fingerprint density at radius 3 is 2.56 bits per heavy atom. The molecule has 1 aliphatic rings. The van der Waals surface area contributed by atoms with Crippen molar-refractivity contribution in [2.24, 2.45) is 5.73 Å². The van der Waals surface area contributed by atoms with Crippen LogP contribution in [0.25, 0.3) is 0 Å². The molecule has 0 bridgehead atoms. The fourth-order valence-corrected chi connectivity index (χ4v) is 2.61. The number of aromatic nitrogens is 2. The first-order valence-corrected chi connectivity index (χ1v) is 7.18. The molecule has 0 aromatic carbocycles. The van der Waals surface area contributed by atoms with E-state index in [0.717, 1.165) is 17.9 Å². The summed E-state index contributed by atoms with van der Waals surface area (Å²) in [5.41, 5.74) is 8.13. The molecule has 1 atom stereocenters. The summed E-state index contributed by atoms with van der Waals surface area (Å²) in [5, 5.41) is 0. The molecule has 1 aromatic rings. The second-order valence-corrected chi connectivity index (χ2v) is 5.86. The topological polar surface area (TPSA) is 51.8 Å². The first-order valence-electron chi connectivity index (χ1n) is 7.18. The second-order valence-electron chi connectivity index (χ2n) is 5.86. The average molecular weight is 247 g/mol. The van der Waals surface area contributed by atoms with Gasteiger partial charge < -0.3 is 5.73 Å². The lowest BCUT2D eigenvalue weighted by Gasteiger charge is -2.25. The quantitative estimate of drug-likeness (QED) is 0.890. The van der Waals surface area contributed by atoms with Gasteiger partial charge in [0.2, 0.25) is 0 Å². The Labute approximate surface area is 110 Å². The van der Waals surface area contributed by atoms with Crippen molar-refractivity contribution in [1.29, 1.82) is 0 Å². The van der Waals surface area contributed by atoms with Gasteiger partial charge in [-0.1, -0.05) is 26.2 Å². The summed E-state index contributed by atoms with van der Waals surface area (Å²) in [5.74, 6) is 1.43. The smallest absolute Gasteiger partial charge is 0.148 e. The second kappa shape index (κ2) is 5.35. The molecular formula is C15H25N3. The fraction of sp³-hybridized carbons (Fsp3) is 0.733. The Hall–Kier alpha value is -0.960. The lowest BCUT2D eigenvalue weighted by molar-refractivity contribution is 0.416. The van der Waals surface area contributed by atoms with E-state index in [0.29, 0.717) is 5.92 Å². The van der Waals surface area contributed by atoms with Crippen molar-refractivity contribution in [2.45, 2.75) is 70.8 Å². The highest BCUT2D eigenvalue weighted by molar-refractivity contribution is 5.18. The van der Waals surface area contributed by atoms with Gasteiger partial charge in [0.15, 0.2) is 0 Å². The zero-order chi connectivity index (χ0) is 13.2. The summed E-state index contributed by atoms with van der Waals surface area (Å²) < 4.78 is 0. The van der Waals surface area contributed by atoms with Gasteiger partial charge >= 0.3 is 0 Å². The zero-order valence-corrected chi connectivity index (χ0v) is 11.9. The maximum atomic E-state index is 6.28. The molecular weight excluding hydrogens is 222 g/mol. The number of nitrogens with two attached hydrogens (primary N) is 1. The molecule has 0 aliphatic heterocycles. The minimum Gasteiger partial charge on any atom is -0.319 e. The molecule has 0 saturated heterocycles. The molecule has 3 heteroatoms. The SMILES string of the molecule is CCC(C)(N)c1nc(C)cc(C2CCCCC2)n1. The van der Waals surface area contributed by atoms with Crippen LogP contribution in [0.15, 0.2) is 6.07 Å². The van der Waals surface area contributed by atoms with E-state index in [1.807, 2.05) is 13.8 Å². The van der Waals surface area contributed by atoms with Crippen LogP contribution in [0, 0.1) is 6.92 Å². The van der Waals surface area contributed by atoms with Gasteiger partial charge in [0, 0.05) is 17.3 Å². The van der Waals surface area contributed by atoms with Crippen molar-refractivity contribution < 1.29 is 0 Å². The van der Waals surface area contributed by atoms with Crippen LogP contribution >= 0.6 is 0 Å². The van der Waals surface area contributed by atoms with Crippen LogP contribution < -0.4 is 5.73 Å². The fourth-order valence-electron chi connectivity index (χ4n) is 2.61. The van der Waals surface area contributed by atoms with Crippen molar-refractivity contribution in [2.75, 3.05) is 0 Å². The molecule has 3 nitrogen and oxygen atoms in total. The largest absolute Gasteiger partial charge is 0.319 e. The van der Waals surface area contributed by atoms with Crippen LogP contribution in [-0.4, -0.2) is 9.97 Å². The molecule has 2 rings (SSSR count). The molecule has 100 valence electrons. The number of rotatable bonds is 3. The van der Waals surface area contributed by atoms with Gasteiger partial charge in [-0.05, 0) is 39.2 Å². The Bertz CT molecular complexity index is 406. The summed E-state index contributed by atoms with van der Waals surface area (Å²) in [6.07, 6.45) is 7.43. The van der Waals surface area contributed by atoms with Gasteiger partial charge in [0.25, 0.3) is 0 Å². The van der Waals surface area contributed by atoms with Gasteiger partial charge in [-0.15, -0.1) is 0 Å². The van der Waals surface area contributed by atoms with E-state index >= 15 is 0 Å². The van der Waals surface area contributed by atoms with E-state index in [1.165, 1.54) is 37.8 Å². The van der Waals surface area contributed by atoms with Gasteiger partial charge in [0.1, 0.15) is 5.82 Å². The maximum absolute atomic E-state index is 6.28. The minimum absolute atomic E-state index is 0.407. The zero-order valence-electron chi connectivity index (χ0n) is 11.9. The predicted octanol–water partition coefficient (Wildman–Crippen LogP) is 3.42. The lowest BCUT2D eigenvalue weighted by atomic mass is 9.86. The Morgan fingerprint density at radius 2 is 1.94 bits per heavy atom. The molecule has 0 spiro atoms. The van der Waals surface area contributed by atoms with Crippen molar-refractivity contribution in [3.8, 4) is 0 Å². The van der Waals surface area contributed by atoms with E-state index in [4.69, 9.17) is 10.7 Å². The number of aryl methyl sites for hydroxylation is 1. The monoisotopic (exact) mass is 247 g/mol. The molecule has 1 heterocycles. The first kappa shape index (κ1) is 13.5. The number of nitrogens with zero attached hydrogens (tertiary/aromatic N) is 2. The molecule has 18 heavy (non-hydrogen) atoms. The summed E-state index contributed by atoms with van der Waals surface area (Å²) >= 11 is 0. The predicted molar refractivity (Wildman–Crippen MR) is 74.4 cm³/mol. The van der Waals surface area contributed by atoms with E-state index in [1.54, 1.807) is 0 Å². The normalized spacial score (nSPS) is 20.7. The van der Waals surface area contributed by atoms with E-state index in [-0.39, 0.29) is 0 Å². The molecule has 2 N–H and O–H groups in total. The first-order chi connectivity index (χ1) is 8.53. The van der Waals surface area contributed by atoms with E-state index < -0.39 is 5.54 Å². The van der Waals surface area contributed by atoms with E-state index in [9.17, 15) is 0 Å². The standard InChI is InChI=1S/C15H25N3/c1-4-15(3,16)14-17-11(2)10-13(18-14)12-8-6-5-7-9-12/h10,12H,4-9,16H2,1-3H3. The average Bonchev–Trinajstić information content (AvgIpc) is 2.39. The highest BCUT2D eigenvalue weighted by Gasteiger charge is 2.25. The maximum Gasteiger partial charge on any atom is 0.148 e. The Morgan fingerprint density at radius 1 is 1.28 bits per heavy atom. The third-order valence-corrected chi connectivity index (χ3v) is 4.14. The van der Waals surface area contributed by atoms with Crippen LogP contribution in [0.1, 0.15) is 75.5 Å². The van der Waals surface area contributed by atoms with Crippen molar-refractivity contribution >= 4 is 0 Å². The number of hydrogen-bond donors (Lipinski definition) is 1. The molecule has 1 aliphatic carbocycles. The van der Waals surface area contributed by atoms with Crippen molar-refractivity contribution in [3.05, 3.63) is 23.3 Å². The molecule has 1 saturated carbocycles. The summed E-state index contributed by atoms with van der Waals surface area (Å²) in [7, 11) is 0. The molecule has 0 amide bonds. The Kier molecular flexibility index (Phi) is 4.00. The van der Waals surface area contributed by atoms with Crippen LogP contribution in [0.3, 0.4) is 0 Å². The molecule has 0 radical (unpaired) electrons. The minimum atomic E-state index is -0.407. The van der Waals surface area contributed by atoms with Crippen molar-refractivity contribution in [1.82, 2.24) is 9.97 Å². The van der Waals surface area contributed by atoms with Gasteiger partial charge in [-0.2, -0.15) is 0 Å². The van der Waals surface area contributed by atoms with Crippen LogP contribution in [-0.2, 0) is 5.54 Å². The van der Waals surface area contributed by atoms with Gasteiger partial charge in [-0.25, -0.2) is 9.97 Å². The van der Waals surface area contributed by atoms with Gasteiger partial charge in [0.05, 0.1) is 5.54 Å². The summed E-state index contributed by atoms with van der Waals surface area (Å²) in [4.78, 5) is 9.30. The van der Waals surface area contributed by atoms with Crippen LogP contribution in [0.5, 0.6) is 0 Å². The highest BCUT2D eigenvalue weighted by atomic mass is 15.0. The van der Waals surface area contributed by atoms with Gasteiger partial charge in [-0.3, -0.25) is 0 Å². The molecule has 1 aromatic heterocycles. The summed E-state index contributed by atoms with van der Waals surface area (Å²) in [6, 6.07) is 2.14. The third kappa shape index (κ3) is 2.89. The van der Waals surface area contributed by atoms with Crippen LogP contribution in [0.2, 0.25) is 0 Å². The summed E-state index contributed by atoms with van der Waals surface area (Å²) in [6.45, 7) is 6.15. The van der Waals surface area contributed by atoms with Crippen LogP contribution in [0.4, 0.5) is 0 Å². The molecule has 1 unspecified atom stereocenters. The third-order valence-electron chi connectivity index (χ3n) is 4.14. The van der Waals surface area contributed by atoms with E-state index in [2.05, 4.69) is 18.0 Å². The van der Waals surface area contributed by atoms with Crippen molar-refractivity contribution in [3.63, 3.8) is 0 Å². The molecule has 1 fully saturated rings. The Balaban J connectivity index is 2.31. The number of hydrogen-bond acceptors (Lipinski definition) is 3. The lowest BCUT2D eigenvalue weighted by Crippen LogP contribution is -2.35. The highest BCUT2D eigenvalue weighted by Crippen LogP contribution is 2.32.